The van der Waals surface area contributed by atoms with Crippen LogP contribution in [-0.2, 0) is 16.1 Å². The van der Waals surface area contributed by atoms with Crippen LogP contribution in [0.1, 0.15) is 45.1 Å². The summed E-state index contributed by atoms with van der Waals surface area (Å²) in [6, 6.07) is 13.3. The van der Waals surface area contributed by atoms with Crippen LogP contribution in [-0.4, -0.2) is 60.5 Å². The number of pyridine rings is 1. The molecule has 202 valence electrons. The van der Waals surface area contributed by atoms with Crippen LogP contribution in [0.25, 0.3) is 11.3 Å². The second kappa shape index (κ2) is 11.8. The van der Waals surface area contributed by atoms with E-state index in [9.17, 15) is 25.3 Å². The lowest BCUT2D eigenvalue weighted by Gasteiger charge is -2.29. The SMILES string of the molecule is N#Cc1c(C2CCOCC2)cc(-c2ccc(N3CCOCC3)cc2)nc1OCc1cc([N+](=O)[O-])sc1C(=O)O. The second-order valence-electron chi connectivity index (χ2n) is 9.21. The number of aromatic nitrogens is 1. The number of carboxylic acid groups (broad SMARTS) is 1. The Hall–Kier alpha value is -4.05. The number of morpholine rings is 1. The molecular weight excluding hydrogens is 524 g/mol. The molecule has 4 heterocycles. The van der Waals surface area contributed by atoms with Crippen molar-refractivity contribution in [3.05, 3.63) is 68.1 Å². The molecule has 5 rings (SSSR count). The summed E-state index contributed by atoms with van der Waals surface area (Å²) in [5.41, 5.74) is 3.76. The van der Waals surface area contributed by atoms with Crippen LogP contribution in [0, 0.1) is 21.4 Å². The van der Waals surface area contributed by atoms with E-state index in [-0.39, 0.29) is 39.4 Å². The van der Waals surface area contributed by atoms with Gasteiger partial charge in [0.15, 0.2) is 0 Å². The van der Waals surface area contributed by atoms with Gasteiger partial charge in [0.2, 0.25) is 5.88 Å². The topological polar surface area (TPSA) is 148 Å². The summed E-state index contributed by atoms with van der Waals surface area (Å²) in [5.74, 6) is -1.14. The number of nitrogens with zero attached hydrogens (tertiary/aromatic N) is 4. The summed E-state index contributed by atoms with van der Waals surface area (Å²) < 4.78 is 16.9. The van der Waals surface area contributed by atoms with Crippen molar-refractivity contribution in [2.24, 2.45) is 0 Å². The molecule has 1 N–H and O–H groups in total. The molecule has 1 aromatic carbocycles. The largest absolute Gasteiger partial charge is 0.477 e. The molecule has 2 aromatic heterocycles. The minimum Gasteiger partial charge on any atom is -0.477 e. The van der Waals surface area contributed by atoms with Crippen LogP contribution in [0.4, 0.5) is 10.7 Å². The average Bonchev–Trinajstić information content (AvgIpc) is 3.42. The lowest BCUT2D eigenvalue weighted by atomic mass is 9.88. The van der Waals surface area contributed by atoms with Gasteiger partial charge in [-0.3, -0.25) is 10.1 Å². The predicted octanol–water partition coefficient (Wildman–Crippen LogP) is 4.60. The molecule has 39 heavy (non-hydrogen) atoms. The fourth-order valence-electron chi connectivity index (χ4n) is 4.84. The predicted molar refractivity (Wildman–Crippen MR) is 142 cm³/mol. The number of rotatable bonds is 8. The fraction of sp³-hybridized carbons (Fsp3) is 0.370. The van der Waals surface area contributed by atoms with Crippen molar-refractivity contribution in [3.8, 4) is 23.2 Å². The zero-order valence-electron chi connectivity index (χ0n) is 21.0. The lowest BCUT2D eigenvalue weighted by Crippen LogP contribution is -2.36. The summed E-state index contributed by atoms with van der Waals surface area (Å²) in [6.45, 7) is 3.89. The van der Waals surface area contributed by atoms with E-state index in [0.29, 0.717) is 43.5 Å². The molecule has 2 aliphatic heterocycles. The minimum atomic E-state index is -1.28. The zero-order chi connectivity index (χ0) is 27.4. The maximum Gasteiger partial charge on any atom is 0.346 e. The average molecular weight is 551 g/mol. The number of anilines is 1. The molecule has 12 heteroatoms. The van der Waals surface area contributed by atoms with Gasteiger partial charge in [-0.15, -0.1) is 0 Å². The van der Waals surface area contributed by atoms with Crippen LogP contribution in [0.3, 0.4) is 0 Å². The van der Waals surface area contributed by atoms with Gasteiger partial charge in [0.1, 0.15) is 23.1 Å². The van der Waals surface area contributed by atoms with Crippen molar-refractivity contribution in [1.29, 1.82) is 5.26 Å². The van der Waals surface area contributed by atoms with Crippen molar-refractivity contribution in [2.45, 2.75) is 25.4 Å². The van der Waals surface area contributed by atoms with Gasteiger partial charge in [-0.1, -0.05) is 23.5 Å². The Kier molecular flexibility index (Phi) is 8.02. The van der Waals surface area contributed by atoms with Crippen LogP contribution in [0.5, 0.6) is 5.88 Å². The van der Waals surface area contributed by atoms with Gasteiger partial charge in [0.25, 0.3) is 0 Å². The molecule has 2 fully saturated rings. The normalized spacial score (nSPS) is 16.0. The fourth-order valence-corrected chi connectivity index (χ4v) is 5.66. The van der Waals surface area contributed by atoms with E-state index in [1.165, 1.54) is 6.07 Å². The van der Waals surface area contributed by atoms with Gasteiger partial charge in [0, 0.05) is 49.2 Å². The molecule has 0 radical (unpaired) electrons. The summed E-state index contributed by atoms with van der Waals surface area (Å²) >= 11 is 0.570. The number of nitro groups is 1. The van der Waals surface area contributed by atoms with Gasteiger partial charge in [0.05, 0.1) is 23.8 Å². The molecule has 0 amide bonds. The number of nitriles is 1. The molecule has 0 atom stereocenters. The van der Waals surface area contributed by atoms with Crippen molar-refractivity contribution in [3.63, 3.8) is 0 Å². The number of ether oxygens (including phenoxy) is 3. The van der Waals surface area contributed by atoms with Gasteiger partial charge in [-0.2, -0.15) is 5.26 Å². The van der Waals surface area contributed by atoms with E-state index in [1.807, 2.05) is 30.3 Å². The van der Waals surface area contributed by atoms with Crippen molar-refractivity contribution >= 4 is 28.0 Å². The minimum absolute atomic E-state index is 0.0685. The van der Waals surface area contributed by atoms with Gasteiger partial charge in [-0.25, -0.2) is 9.78 Å². The van der Waals surface area contributed by atoms with E-state index < -0.39 is 10.9 Å². The number of hydrogen-bond acceptors (Lipinski definition) is 10. The first kappa shape index (κ1) is 26.6. The van der Waals surface area contributed by atoms with E-state index in [2.05, 4.69) is 16.0 Å². The lowest BCUT2D eigenvalue weighted by molar-refractivity contribution is -0.380. The standard InChI is InChI=1S/C27H26N4O7S/c28-15-22-21(17-5-9-36-10-6-17)14-23(18-1-3-20(4-2-18)30-7-11-37-12-8-30)29-26(22)38-16-19-13-24(31(34)35)39-25(19)27(32)33/h1-4,13-14,17H,5-12,16H2,(H,32,33). The zero-order valence-corrected chi connectivity index (χ0v) is 21.8. The first-order valence-electron chi connectivity index (χ1n) is 12.5. The monoisotopic (exact) mass is 550 g/mol. The van der Waals surface area contributed by atoms with E-state index in [1.54, 1.807) is 0 Å². The highest BCUT2D eigenvalue weighted by atomic mass is 32.1. The van der Waals surface area contributed by atoms with Crippen LogP contribution in [0.2, 0.25) is 0 Å². The smallest absolute Gasteiger partial charge is 0.346 e. The molecule has 0 aliphatic carbocycles. The quantitative estimate of drug-likeness (QED) is 0.312. The molecule has 0 saturated carbocycles. The molecule has 11 nitrogen and oxygen atoms in total. The Balaban J connectivity index is 1.50. The highest BCUT2D eigenvalue weighted by Crippen LogP contribution is 2.37. The summed E-state index contributed by atoms with van der Waals surface area (Å²) in [7, 11) is 0. The second-order valence-corrected chi connectivity index (χ2v) is 10.2. The highest BCUT2D eigenvalue weighted by Gasteiger charge is 2.26. The maximum atomic E-state index is 11.7. The van der Waals surface area contributed by atoms with E-state index >= 15 is 0 Å². The Morgan fingerprint density at radius 1 is 1.18 bits per heavy atom. The van der Waals surface area contributed by atoms with E-state index in [0.717, 1.165) is 42.7 Å². The Labute approximate surface area is 228 Å². The summed E-state index contributed by atoms with van der Waals surface area (Å²) in [5, 5.41) is 30.5. The van der Waals surface area contributed by atoms with Gasteiger partial charge < -0.3 is 24.2 Å². The Morgan fingerprint density at radius 2 is 1.87 bits per heavy atom. The molecule has 0 unspecified atom stereocenters. The van der Waals surface area contributed by atoms with Crippen molar-refractivity contribution in [1.82, 2.24) is 4.98 Å². The Bertz CT molecular complexity index is 1400. The molecule has 3 aromatic rings. The molecular formula is C27H26N4O7S. The number of carboxylic acids is 1. The molecule has 2 saturated heterocycles. The van der Waals surface area contributed by atoms with Crippen LogP contribution < -0.4 is 9.64 Å². The third kappa shape index (κ3) is 5.85. The van der Waals surface area contributed by atoms with Crippen LogP contribution >= 0.6 is 11.3 Å². The molecule has 0 bridgehead atoms. The number of aromatic carboxylic acids is 1. The number of hydrogen-bond donors (Lipinski definition) is 1. The first-order valence-corrected chi connectivity index (χ1v) is 13.4. The first-order chi connectivity index (χ1) is 18.9. The molecule has 0 spiro atoms. The van der Waals surface area contributed by atoms with Crippen LogP contribution in [0.15, 0.2) is 36.4 Å². The number of thiophene rings is 1. The number of carbonyl (C=O) groups is 1. The van der Waals surface area contributed by atoms with Crippen molar-refractivity contribution < 1.29 is 29.0 Å². The Morgan fingerprint density at radius 3 is 2.51 bits per heavy atom. The van der Waals surface area contributed by atoms with Crippen molar-refractivity contribution in [2.75, 3.05) is 44.4 Å². The summed E-state index contributed by atoms with van der Waals surface area (Å²) in [4.78, 5) is 29.0. The molecule has 2 aliphatic rings. The van der Waals surface area contributed by atoms with E-state index in [4.69, 9.17) is 14.2 Å². The number of benzene rings is 1. The summed E-state index contributed by atoms with van der Waals surface area (Å²) in [6.07, 6.45) is 1.49. The third-order valence-electron chi connectivity index (χ3n) is 6.86. The maximum absolute atomic E-state index is 11.7. The highest BCUT2D eigenvalue weighted by molar-refractivity contribution is 7.17. The van der Waals surface area contributed by atoms with Gasteiger partial charge >= 0.3 is 11.0 Å². The third-order valence-corrected chi connectivity index (χ3v) is 7.98. The van der Waals surface area contributed by atoms with Gasteiger partial charge in [-0.05, 0) is 42.5 Å².